The fraction of sp³-hybridized carbons (Fsp3) is 0.591. The first-order chi connectivity index (χ1) is 29.4. The van der Waals surface area contributed by atoms with Crippen LogP contribution in [0.3, 0.4) is 0 Å². The molecule has 0 aliphatic heterocycles. The van der Waals surface area contributed by atoms with E-state index >= 15 is 0 Å². The van der Waals surface area contributed by atoms with Gasteiger partial charge in [0.25, 0.3) is 0 Å². The number of ketones is 1. The van der Waals surface area contributed by atoms with Gasteiger partial charge in [-0.15, -0.1) is 17.9 Å². The topological polar surface area (TPSA) is 203 Å². The van der Waals surface area contributed by atoms with Crippen molar-refractivity contribution in [2.75, 3.05) is 32.5 Å². The summed E-state index contributed by atoms with van der Waals surface area (Å²) in [5, 5.41) is 11.2. The number of alkyl carbamates (subject to hydrolysis) is 1. The minimum Gasteiger partial charge on any atom is -0.497 e. The highest BCUT2D eigenvalue weighted by molar-refractivity contribution is 7.60. The van der Waals surface area contributed by atoms with Crippen LogP contribution in [0.1, 0.15) is 86.5 Å². The van der Waals surface area contributed by atoms with Crippen LogP contribution in [-0.4, -0.2) is 90.7 Å². The normalized spacial score (nSPS) is 23.8. The number of thiazole rings is 1. The number of aromatic nitrogens is 2. The number of ether oxygens (including phenoxy) is 5. The standard InChI is InChI=1S/C44H60N5O11PS/c1-10-26-22-44(26,61(9,54)58-24-57-42(53)56-11-2)49-39(51)32-19-29(18-31(32)37(50)38(43(5,6)7)48-41(52)60-27-14-12-13-15-27)59-36-21-34(35-23-62-40(47-35)45-25(3)4)46-33-20-28(55-8)16-17-30(33)36/h10,16-17,20-21,23,25-27,29,31-32,38H,1,11-15,18-19,22,24H2,2-9H3,(H,45,47)(H,48,52)(H,49,51)/t26-,29?,31?,32-,38-,44+,61?/m1/s1. The SMILES string of the molecule is C=C[C@@H]1C[C@]1(NC(=O)[C@@H]1CC(Oc2cc(-c3csc(NC(C)C)n3)nc3cc(OC)ccc23)CC1C(=O)[C@@H](NC(=O)OC1CCCC1)C(C)(C)C)P(C)(=O)OCOC(=O)OCC. The fourth-order valence-corrected chi connectivity index (χ4v) is 11.3. The lowest BCUT2D eigenvalue weighted by atomic mass is 9.77. The van der Waals surface area contributed by atoms with Crippen molar-refractivity contribution in [3.8, 4) is 22.9 Å². The van der Waals surface area contributed by atoms with Gasteiger partial charge < -0.3 is 39.6 Å². The smallest absolute Gasteiger partial charge is 0.497 e. The number of anilines is 1. The minimum atomic E-state index is -3.75. The second-order valence-corrected chi connectivity index (χ2v) is 21.3. The summed E-state index contributed by atoms with van der Waals surface area (Å²) in [6.07, 6.45) is 2.97. The number of nitrogens with zero attached hydrogens (tertiary/aromatic N) is 2. The first kappa shape index (κ1) is 46.8. The molecule has 62 heavy (non-hydrogen) atoms. The molecule has 3 saturated carbocycles. The highest BCUT2D eigenvalue weighted by atomic mass is 32.1. The Labute approximate surface area is 367 Å². The van der Waals surface area contributed by atoms with Gasteiger partial charge in [-0.1, -0.05) is 26.8 Å². The van der Waals surface area contributed by atoms with E-state index in [0.717, 1.165) is 30.8 Å². The molecule has 3 aliphatic rings. The number of rotatable bonds is 18. The lowest BCUT2D eigenvalue weighted by molar-refractivity contribution is -0.135. The summed E-state index contributed by atoms with van der Waals surface area (Å²) in [6, 6.07) is 6.42. The summed E-state index contributed by atoms with van der Waals surface area (Å²) < 4.78 is 47.7. The maximum absolute atomic E-state index is 14.9. The van der Waals surface area contributed by atoms with E-state index in [1.165, 1.54) is 18.0 Å². The predicted octanol–water partition coefficient (Wildman–Crippen LogP) is 8.69. The van der Waals surface area contributed by atoms with Crippen LogP contribution in [0.4, 0.5) is 14.7 Å². The molecule has 2 aromatic heterocycles. The highest BCUT2D eigenvalue weighted by Gasteiger charge is 2.65. The average Bonchev–Trinajstić information content (AvgIpc) is 3.61. The summed E-state index contributed by atoms with van der Waals surface area (Å²) >= 11 is 1.46. The Morgan fingerprint density at radius 2 is 1.76 bits per heavy atom. The Balaban J connectivity index is 1.32. The summed E-state index contributed by atoms with van der Waals surface area (Å²) in [7, 11) is -2.17. The fourth-order valence-electron chi connectivity index (χ4n) is 8.37. The van der Waals surface area contributed by atoms with Crippen LogP contribution < -0.4 is 25.4 Å². The van der Waals surface area contributed by atoms with Crippen molar-refractivity contribution >= 4 is 58.7 Å². The number of pyridine rings is 1. The zero-order chi connectivity index (χ0) is 45.0. The Morgan fingerprint density at radius 3 is 2.40 bits per heavy atom. The molecule has 0 bridgehead atoms. The molecule has 3 unspecified atom stereocenters. The summed E-state index contributed by atoms with van der Waals surface area (Å²) in [4.78, 5) is 64.5. The number of nitrogens with one attached hydrogen (secondary N) is 3. The largest absolute Gasteiger partial charge is 0.510 e. The molecule has 18 heteroatoms. The molecule has 3 aromatic rings. The number of hydrogen-bond donors (Lipinski definition) is 3. The van der Waals surface area contributed by atoms with Crippen LogP contribution >= 0.6 is 18.7 Å². The molecular weight excluding hydrogens is 838 g/mol. The quantitative estimate of drug-likeness (QED) is 0.0473. The van der Waals surface area contributed by atoms with E-state index in [1.54, 1.807) is 32.2 Å². The van der Waals surface area contributed by atoms with E-state index in [9.17, 15) is 23.7 Å². The Hall–Kier alpha value is -4.73. The van der Waals surface area contributed by atoms with E-state index in [1.807, 2.05) is 52.1 Å². The van der Waals surface area contributed by atoms with Gasteiger partial charge in [0.15, 0.2) is 10.9 Å². The third-order valence-electron chi connectivity index (χ3n) is 11.7. The Bertz CT molecular complexity index is 2190. The van der Waals surface area contributed by atoms with Gasteiger partial charge in [0.1, 0.15) is 34.7 Å². The number of hydrogen-bond acceptors (Lipinski definition) is 15. The van der Waals surface area contributed by atoms with E-state index in [0.29, 0.717) is 33.8 Å². The van der Waals surface area contributed by atoms with E-state index in [-0.39, 0.29) is 43.8 Å². The number of fused-ring (bicyclic) bond motifs is 1. The van der Waals surface area contributed by atoms with Crippen LogP contribution in [0.15, 0.2) is 42.3 Å². The zero-order valence-electron chi connectivity index (χ0n) is 36.8. The Morgan fingerprint density at radius 1 is 1.03 bits per heavy atom. The summed E-state index contributed by atoms with van der Waals surface area (Å²) in [5.41, 5.74) is 1.02. The molecule has 0 saturated heterocycles. The molecule has 2 heterocycles. The summed E-state index contributed by atoms with van der Waals surface area (Å²) in [5.74, 6) is -2.15. The van der Waals surface area contributed by atoms with Gasteiger partial charge in [0.05, 0.1) is 36.9 Å². The van der Waals surface area contributed by atoms with Crippen LogP contribution in [-0.2, 0) is 32.9 Å². The van der Waals surface area contributed by atoms with Crippen molar-refractivity contribution in [1.82, 2.24) is 20.6 Å². The number of carbonyl (C=O) groups excluding carboxylic acids is 4. The first-order valence-corrected chi connectivity index (χ1v) is 24.2. The van der Waals surface area contributed by atoms with Crippen molar-refractivity contribution in [2.24, 2.45) is 23.2 Å². The molecule has 1 aromatic carbocycles. The maximum atomic E-state index is 14.9. The van der Waals surface area contributed by atoms with Crippen LogP contribution in [0.5, 0.6) is 11.5 Å². The minimum absolute atomic E-state index is 0.0799. The van der Waals surface area contributed by atoms with E-state index in [4.69, 9.17) is 38.2 Å². The van der Waals surface area contributed by atoms with Gasteiger partial charge in [-0.25, -0.2) is 19.6 Å². The molecule has 3 fully saturated rings. The first-order valence-electron chi connectivity index (χ1n) is 21.2. The van der Waals surface area contributed by atoms with Crippen molar-refractivity contribution in [3.05, 3.63) is 42.3 Å². The summed E-state index contributed by atoms with van der Waals surface area (Å²) in [6.45, 7) is 15.9. The molecular formula is C44H60N5O11PS. The zero-order valence-corrected chi connectivity index (χ0v) is 38.5. The van der Waals surface area contributed by atoms with Gasteiger partial charge in [0.2, 0.25) is 20.1 Å². The van der Waals surface area contributed by atoms with Crippen molar-refractivity contribution < 1.29 is 52.0 Å². The molecule has 338 valence electrons. The maximum Gasteiger partial charge on any atom is 0.510 e. The second kappa shape index (κ2) is 19.3. The van der Waals surface area contributed by atoms with Gasteiger partial charge in [0, 0.05) is 47.4 Å². The molecule has 2 amide bonds. The number of amides is 2. The highest BCUT2D eigenvalue weighted by Crippen LogP contribution is 2.70. The van der Waals surface area contributed by atoms with Gasteiger partial charge in [-0.05, 0) is 83.3 Å². The van der Waals surface area contributed by atoms with Gasteiger partial charge in [-0.2, -0.15) is 0 Å². The second-order valence-electron chi connectivity index (χ2n) is 17.7. The van der Waals surface area contributed by atoms with E-state index < -0.39 is 72.9 Å². The lowest BCUT2D eigenvalue weighted by Gasteiger charge is -2.34. The van der Waals surface area contributed by atoms with E-state index in [2.05, 4.69) is 22.5 Å². The average molecular weight is 898 g/mol. The number of Topliss-reactive ketones (excluding diaryl/α,β-unsaturated/α-hetero) is 1. The molecule has 0 radical (unpaired) electrons. The molecule has 6 rings (SSSR count). The monoisotopic (exact) mass is 897 g/mol. The van der Waals surface area contributed by atoms with Crippen molar-refractivity contribution in [2.45, 2.75) is 116 Å². The Kier molecular flexibility index (Phi) is 14.6. The van der Waals surface area contributed by atoms with Crippen molar-refractivity contribution in [3.63, 3.8) is 0 Å². The molecule has 3 aliphatic carbocycles. The molecule has 7 atom stereocenters. The van der Waals surface area contributed by atoms with Gasteiger partial charge >= 0.3 is 12.2 Å². The van der Waals surface area contributed by atoms with Crippen LogP contribution in [0.25, 0.3) is 22.3 Å². The lowest BCUT2D eigenvalue weighted by Crippen LogP contribution is -2.53. The molecule has 16 nitrogen and oxygen atoms in total. The number of methoxy groups -OCH3 is 1. The number of carbonyl (C=O) groups is 4. The molecule has 3 N–H and O–H groups in total. The van der Waals surface area contributed by atoms with Crippen molar-refractivity contribution in [1.29, 1.82) is 0 Å². The van der Waals surface area contributed by atoms with Crippen LogP contribution in [0, 0.1) is 23.2 Å². The van der Waals surface area contributed by atoms with Gasteiger partial charge in [-0.3, -0.25) is 18.7 Å². The molecule has 0 spiro atoms. The predicted molar refractivity (Wildman–Crippen MR) is 236 cm³/mol. The third kappa shape index (κ3) is 10.7. The number of benzene rings is 1. The van der Waals surface area contributed by atoms with Crippen LogP contribution in [0.2, 0.25) is 0 Å². The third-order valence-corrected chi connectivity index (χ3v) is 15.2.